The van der Waals surface area contributed by atoms with E-state index >= 15 is 0 Å². The molecule has 1 fully saturated rings. The predicted octanol–water partition coefficient (Wildman–Crippen LogP) is 4.19. The molecular weight excluding hydrogens is 308 g/mol. The fourth-order valence-corrected chi connectivity index (χ4v) is 3.16. The number of hydrogen-bond acceptors (Lipinski definition) is 2. The fourth-order valence-electron chi connectivity index (χ4n) is 3.03. The monoisotopic (exact) mass is 328 g/mol. The zero-order valence-electron chi connectivity index (χ0n) is 13.0. The maximum atomic E-state index is 12.5. The molecule has 1 aliphatic heterocycles. The molecule has 23 heavy (non-hydrogen) atoms. The van der Waals surface area contributed by atoms with Crippen LogP contribution in [0.25, 0.3) is 0 Å². The molecule has 0 spiro atoms. The van der Waals surface area contributed by atoms with Crippen LogP contribution in [-0.4, -0.2) is 23.9 Å². The van der Waals surface area contributed by atoms with Crippen molar-refractivity contribution in [2.24, 2.45) is 5.92 Å². The third-order valence-corrected chi connectivity index (χ3v) is 4.49. The van der Waals surface area contributed by atoms with Gasteiger partial charge in [-0.1, -0.05) is 41.9 Å². The lowest BCUT2D eigenvalue weighted by Crippen LogP contribution is -2.40. The molecule has 1 aliphatic rings. The average Bonchev–Trinajstić information content (AvgIpc) is 2.58. The molecule has 0 aliphatic carbocycles. The first-order valence-corrected chi connectivity index (χ1v) is 8.41. The summed E-state index contributed by atoms with van der Waals surface area (Å²) in [7, 11) is 0. The summed E-state index contributed by atoms with van der Waals surface area (Å²) in [4.78, 5) is 14.8. The Kier molecular flexibility index (Phi) is 5.31. The molecule has 2 aromatic rings. The largest absolute Gasteiger partial charge is 0.326 e. The predicted molar refractivity (Wildman–Crippen MR) is 94.5 cm³/mol. The van der Waals surface area contributed by atoms with Gasteiger partial charge in [0.15, 0.2) is 0 Å². The van der Waals surface area contributed by atoms with Crippen LogP contribution in [0.4, 0.5) is 5.69 Å². The van der Waals surface area contributed by atoms with Gasteiger partial charge < -0.3 is 5.32 Å². The summed E-state index contributed by atoms with van der Waals surface area (Å²) in [6.45, 7) is 2.78. The van der Waals surface area contributed by atoms with Crippen LogP contribution in [0.3, 0.4) is 0 Å². The van der Waals surface area contributed by atoms with Crippen molar-refractivity contribution < 1.29 is 4.79 Å². The Labute approximate surface area is 142 Å². The summed E-state index contributed by atoms with van der Waals surface area (Å²) in [6, 6.07) is 17.7. The molecule has 1 atom stereocenters. The number of piperidine rings is 1. The highest BCUT2D eigenvalue weighted by molar-refractivity contribution is 6.30. The molecular formula is C19H21ClN2O. The normalized spacial score (nSPS) is 18.6. The molecule has 0 radical (unpaired) electrons. The molecule has 0 saturated carbocycles. The van der Waals surface area contributed by atoms with E-state index in [1.165, 1.54) is 5.56 Å². The minimum Gasteiger partial charge on any atom is -0.326 e. The zero-order chi connectivity index (χ0) is 16.1. The summed E-state index contributed by atoms with van der Waals surface area (Å²) < 4.78 is 0. The van der Waals surface area contributed by atoms with Crippen LogP contribution in [0.15, 0.2) is 54.6 Å². The van der Waals surface area contributed by atoms with E-state index in [0.717, 1.165) is 38.2 Å². The van der Waals surface area contributed by atoms with Gasteiger partial charge in [-0.2, -0.15) is 0 Å². The van der Waals surface area contributed by atoms with E-state index in [0.29, 0.717) is 5.02 Å². The second-order valence-electron chi connectivity index (χ2n) is 6.06. The van der Waals surface area contributed by atoms with E-state index in [9.17, 15) is 4.79 Å². The van der Waals surface area contributed by atoms with Gasteiger partial charge in [0.05, 0.1) is 5.92 Å². The van der Waals surface area contributed by atoms with Crippen molar-refractivity contribution in [3.05, 3.63) is 65.2 Å². The molecule has 4 heteroatoms. The first-order valence-electron chi connectivity index (χ1n) is 8.03. The van der Waals surface area contributed by atoms with Gasteiger partial charge in [0.2, 0.25) is 5.91 Å². The summed E-state index contributed by atoms with van der Waals surface area (Å²) in [6.07, 6.45) is 2.01. The molecule has 1 heterocycles. The highest BCUT2D eigenvalue weighted by Gasteiger charge is 2.25. The number of rotatable bonds is 4. The van der Waals surface area contributed by atoms with Crippen molar-refractivity contribution in [3.63, 3.8) is 0 Å². The average molecular weight is 329 g/mol. The van der Waals surface area contributed by atoms with Gasteiger partial charge in [0.25, 0.3) is 0 Å². The second kappa shape index (κ2) is 7.62. The third-order valence-electron chi connectivity index (χ3n) is 4.24. The Morgan fingerprint density at radius 1 is 1.13 bits per heavy atom. The number of amides is 1. The molecule has 2 aromatic carbocycles. The third kappa shape index (κ3) is 4.57. The van der Waals surface area contributed by atoms with Crippen LogP contribution >= 0.6 is 11.6 Å². The number of halogens is 1. The fraction of sp³-hybridized carbons (Fsp3) is 0.316. The van der Waals surface area contributed by atoms with Crippen molar-refractivity contribution in [2.45, 2.75) is 19.4 Å². The zero-order valence-corrected chi connectivity index (χ0v) is 13.8. The number of anilines is 1. The van der Waals surface area contributed by atoms with Crippen LogP contribution in [0.1, 0.15) is 18.4 Å². The van der Waals surface area contributed by atoms with Gasteiger partial charge in [-0.3, -0.25) is 9.69 Å². The number of carbonyl (C=O) groups is 1. The number of likely N-dealkylation sites (tertiary alicyclic amines) is 1. The standard InChI is InChI=1S/C19H21ClN2O/c20-17-8-10-18(11-9-17)21-19(23)16-7-4-12-22(14-16)13-15-5-2-1-3-6-15/h1-3,5-6,8-11,16H,4,7,12-14H2,(H,21,23)/t16-/m1/s1. The number of carbonyl (C=O) groups excluding carboxylic acids is 1. The first-order chi connectivity index (χ1) is 11.2. The lowest BCUT2D eigenvalue weighted by Gasteiger charge is -2.32. The summed E-state index contributed by atoms with van der Waals surface area (Å²) in [5.74, 6) is 0.147. The van der Waals surface area contributed by atoms with Crippen LogP contribution in [-0.2, 0) is 11.3 Å². The lowest BCUT2D eigenvalue weighted by atomic mass is 9.96. The topological polar surface area (TPSA) is 32.3 Å². The second-order valence-corrected chi connectivity index (χ2v) is 6.49. The Morgan fingerprint density at radius 2 is 1.87 bits per heavy atom. The van der Waals surface area contributed by atoms with Gasteiger partial charge in [0.1, 0.15) is 0 Å². The van der Waals surface area contributed by atoms with Gasteiger partial charge >= 0.3 is 0 Å². The molecule has 1 amide bonds. The Bertz CT molecular complexity index is 642. The van der Waals surface area contributed by atoms with E-state index in [1.807, 2.05) is 18.2 Å². The number of hydrogen-bond donors (Lipinski definition) is 1. The van der Waals surface area contributed by atoms with Gasteiger partial charge in [-0.25, -0.2) is 0 Å². The highest BCUT2D eigenvalue weighted by atomic mass is 35.5. The van der Waals surface area contributed by atoms with Crippen molar-refractivity contribution in [1.29, 1.82) is 0 Å². The van der Waals surface area contributed by atoms with Crippen molar-refractivity contribution in [2.75, 3.05) is 18.4 Å². The summed E-state index contributed by atoms with van der Waals surface area (Å²) in [5, 5.41) is 3.67. The molecule has 1 saturated heterocycles. The van der Waals surface area contributed by atoms with E-state index in [4.69, 9.17) is 11.6 Å². The molecule has 0 bridgehead atoms. The number of nitrogens with one attached hydrogen (secondary N) is 1. The minimum absolute atomic E-state index is 0.0446. The van der Waals surface area contributed by atoms with Gasteiger partial charge in [0, 0.05) is 23.8 Å². The van der Waals surface area contributed by atoms with Crippen molar-refractivity contribution >= 4 is 23.2 Å². The number of benzene rings is 2. The quantitative estimate of drug-likeness (QED) is 0.912. The van der Waals surface area contributed by atoms with Crippen LogP contribution in [0, 0.1) is 5.92 Å². The van der Waals surface area contributed by atoms with Crippen molar-refractivity contribution in [1.82, 2.24) is 4.90 Å². The van der Waals surface area contributed by atoms with Crippen LogP contribution < -0.4 is 5.32 Å². The molecule has 120 valence electrons. The number of nitrogens with zero attached hydrogens (tertiary/aromatic N) is 1. The van der Waals surface area contributed by atoms with Gasteiger partial charge in [-0.05, 0) is 49.2 Å². The Balaban J connectivity index is 1.57. The van der Waals surface area contributed by atoms with E-state index < -0.39 is 0 Å². The smallest absolute Gasteiger partial charge is 0.228 e. The van der Waals surface area contributed by atoms with E-state index in [1.54, 1.807) is 12.1 Å². The van der Waals surface area contributed by atoms with E-state index in [2.05, 4.69) is 34.5 Å². The summed E-state index contributed by atoms with van der Waals surface area (Å²) >= 11 is 5.87. The Morgan fingerprint density at radius 3 is 2.61 bits per heavy atom. The molecule has 0 aromatic heterocycles. The maximum Gasteiger partial charge on any atom is 0.228 e. The Hall–Kier alpha value is -1.84. The summed E-state index contributed by atoms with van der Waals surface area (Å²) in [5.41, 5.74) is 2.10. The first kappa shape index (κ1) is 16.0. The van der Waals surface area contributed by atoms with Gasteiger partial charge in [-0.15, -0.1) is 0 Å². The molecule has 3 rings (SSSR count). The van der Waals surface area contributed by atoms with Crippen molar-refractivity contribution in [3.8, 4) is 0 Å². The molecule has 3 nitrogen and oxygen atoms in total. The highest BCUT2D eigenvalue weighted by Crippen LogP contribution is 2.21. The maximum absolute atomic E-state index is 12.5. The van der Waals surface area contributed by atoms with Crippen LogP contribution in [0.2, 0.25) is 5.02 Å². The molecule has 1 N–H and O–H groups in total. The minimum atomic E-state index is 0.0446. The van der Waals surface area contributed by atoms with E-state index in [-0.39, 0.29) is 11.8 Å². The lowest BCUT2D eigenvalue weighted by molar-refractivity contribution is -0.121. The van der Waals surface area contributed by atoms with Crippen LogP contribution in [0.5, 0.6) is 0 Å². The molecule has 0 unspecified atom stereocenters. The SMILES string of the molecule is O=C(Nc1ccc(Cl)cc1)[C@@H]1CCCN(Cc2ccccc2)C1.